The molecule has 0 atom stereocenters. The van der Waals surface area contributed by atoms with Crippen LogP contribution >= 0.6 is 11.6 Å². The van der Waals surface area contributed by atoms with Crippen LogP contribution in [-0.4, -0.2) is 11.9 Å². The first kappa shape index (κ1) is 17.0. The van der Waals surface area contributed by atoms with Gasteiger partial charge in [0.1, 0.15) is 5.75 Å². The van der Waals surface area contributed by atoms with Crippen LogP contribution in [0.5, 0.6) is 5.75 Å². The molecule has 0 radical (unpaired) electrons. The number of benzene rings is 2. The van der Waals surface area contributed by atoms with Gasteiger partial charge in [0, 0.05) is 12.0 Å². The number of rotatable bonds is 5. The minimum Gasteiger partial charge on any atom is -0.426 e. The molecule has 23 heavy (non-hydrogen) atoms. The summed E-state index contributed by atoms with van der Waals surface area (Å²) < 4.78 is 5.27. The molecule has 2 rings (SSSR count). The summed E-state index contributed by atoms with van der Waals surface area (Å²) in [6.07, 6.45) is 0.185. The van der Waals surface area contributed by atoms with Gasteiger partial charge in [-0.15, -0.1) is 0 Å². The lowest BCUT2D eigenvalue weighted by Crippen LogP contribution is -2.18. The van der Waals surface area contributed by atoms with Crippen molar-refractivity contribution < 1.29 is 14.3 Å². The van der Waals surface area contributed by atoms with E-state index in [0.717, 1.165) is 5.56 Å². The van der Waals surface area contributed by atoms with Crippen molar-refractivity contribution in [3.63, 3.8) is 0 Å². The largest absolute Gasteiger partial charge is 0.426 e. The Morgan fingerprint density at radius 1 is 1.13 bits per heavy atom. The van der Waals surface area contributed by atoms with E-state index in [1.807, 2.05) is 30.3 Å². The van der Waals surface area contributed by atoms with Crippen LogP contribution < -0.4 is 10.1 Å². The minimum absolute atomic E-state index is 0.124. The number of esters is 1. The van der Waals surface area contributed by atoms with Crippen LogP contribution in [0.25, 0.3) is 0 Å². The van der Waals surface area contributed by atoms with E-state index in [2.05, 4.69) is 5.32 Å². The van der Waals surface area contributed by atoms with Crippen molar-refractivity contribution in [3.8, 4) is 5.75 Å². The lowest BCUT2D eigenvalue weighted by atomic mass is 10.1. The van der Waals surface area contributed by atoms with E-state index < -0.39 is 0 Å². The Kier molecular flexibility index (Phi) is 5.77. The molecule has 0 bridgehead atoms. The zero-order valence-corrected chi connectivity index (χ0v) is 13.8. The predicted molar refractivity (Wildman–Crippen MR) is 90.7 cm³/mol. The number of halogens is 1. The van der Waals surface area contributed by atoms with Gasteiger partial charge in [0.2, 0.25) is 5.91 Å². The van der Waals surface area contributed by atoms with Gasteiger partial charge in [-0.05, 0) is 17.7 Å². The Bertz CT molecular complexity index is 699. The summed E-state index contributed by atoms with van der Waals surface area (Å²) in [4.78, 5) is 23.6. The van der Waals surface area contributed by atoms with Crippen molar-refractivity contribution >= 4 is 29.2 Å². The Labute approximate surface area is 140 Å². The topological polar surface area (TPSA) is 55.4 Å². The summed E-state index contributed by atoms with van der Waals surface area (Å²) >= 11 is 6.12. The van der Waals surface area contributed by atoms with Crippen molar-refractivity contribution in [2.24, 2.45) is 5.92 Å². The van der Waals surface area contributed by atoms with E-state index in [0.29, 0.717) is 16.5 Å². The average molecular weight is 332 g/mol. The highest BCUT2D eigenvalue weighted by atomic mass is 35.5. The van der Waals surface area contributed by atoms with Crippen LogP contribution in [0.1, 0.15) is 19.4 Å². The van der Waals surface area contributed by atoms with E-state index in [1.54, 1.807) is 26.0 Å². The first-order chi connectivity index (χ1) is 11.0. The molecule has 2 aromatic rings. The number of hydrogen-bond acceptors (Lipinski definition) is 3. The fourth-order valence-electron chi connectivity index (χ4n) is 1.87. The summed E-state index contributed by atoms with van der Waals surface area (Å²) in [5.41, 5.74) is 1.37. The summed E-state index contributed by atoms with van der Waals surface area (Å²) in [6, 6.07) is 14.1. The molecule has 0 aliphatic carbocycles. The van der Waals surface area contributed by atoms with Crippen LogP contribution in [0.4, 0.5) is 5.69 Å². The third-order valence-corrected chi connectivity index (χ3v) is 3.46. The van der Waals surface area contributed by atoms with Gasteiger partial charge in [0.05, 0.1) is 17.1 Å². The van der Waals surface area contributed by atoms with Crippen molar-refractivity contribution in [3.05, 3.63) is 59.1 Å². The highest BCUT2D eigenvalue weighted by Gasteiger charge is 2.12. The normalized spacial score (nSPS) is 10.4. The summed E-state index contributed by atoms with van der Waals surface area (Å²) in [6.45, 7) is 3.59. The Hall–Kier alpha value is -2.33. The molecule has 0 heterocycles. The average Bonchev–Trinajstić information content (AvgIpc) is 2.50. The molecule has 0 spiro atoms. The van der Waals surface area contributed by atoms with Crippen LogP contribution in [0.15, 0.2) is 48.5 Å². The molecule has 5 heteroatoms. The van der Waals surface area contributed by atoms with Gasteiger partial charge in [0.25, 0.3) is 0 Å². The monoisotopic (exact) mass is 331 g/mol. The fraction of sp³-hybridized carbons (Fsp3) is 0.222. The summed E-state index contributed by atoms with van der Waals surface area (Å²) in [5, 5.41) is 3.04. The maximum atomic E-state index is 11.9. The molecule has 0 saturated heterocycles. The molecule has 0 aliphatic rings. The second-order valence-corrected chi connectivity index (χ2v) is 5.83. The number of amides is 1. The quantitative estimate of drug-likeness (QED) is 0.663. The van der Waals surface area contributed by atoms with Crippen LogP contribution in [0, 0.1) is 5.92 Å². The molecular formula is C18H18ClNO3. The van der Waals surface area contributed by atoms with Crippen LogP contribution in [0.3, 0.4) is 0 Å². The zero-order valence-electron chi connectivity index (χ0n) is 13.0. The second-order valence-electron chi connectivity index (χ2n) is 5.42. The number of nitrogens with one attached hydrogen (secondary N) is 1. The van der Waals surface area contributed by atoms with Gasteiger partial charge in [-0.2, -0.15) is 0 Å². The first-order valence-electron chi connectivity index (χ1n) is 7.30. The summed E-state index contributed by atoms with van der Waals surface area (Å²) in [7, 11) is 0. The molecule has 4 nitrogen and oxygen atoms in total. The molecule has 0 saturated carbocycles. The maximum absolute atomic E-state index is 11.9. The standard InChI is InChI=1S/C18H18ClNO3/c1-12(2)18(22)20-16-9-8-14(11-15(16)19)23-17(21)10-13-6-4-3-5-7-13/h3-9,11-12H,10H2,1-2H3,(H,20,22). The van der Waals surface area contributed by atoms with Gasteiger partial charge in [-0.1, -0.05) is 55.8 Å². The third kappa shape index (κ3) is 5.11. The van der Waals surface area contributed by atoms with Crippen molar-refractivity contribution in [1.29, 1.82) is 0 Å². The lowest BCUT2D eigenvalue weighted by molar-refractivity contribution is -0.133. The van der Waals surface area contributed by atoms with Gasteiger partial charge in [-0.3, -0.25) is 9.59 Å². The minimum atomic E-state index is -0.369. The van der Waals surface area contributed by atoms with Gasteiger partial charge in [-0.25, -0.2) is 0 Å². The van der Waals surface area contributed by atoms with Crippen LogP contribution in [-0.2, 0) is 16.0 Å². The summed E-state index contributed by atoms with van der Waals surface area (Å²) in [5.74, 6) is -0.292. The van der Waals surface area contributed by atoms with Crippen molar-refractivity contribution in [2.75, 3.05) is 5.32 Å². The fourth-order valence-corrected chi connectivity index (χ4v) is 2.09. The number of anilines is 1. The van der Waals surface area contributed by atoms with Crippen molar-refractivity contribution in [1.82, 2.24) is 0 Å². The molecular weight excluding hydrogens is 314 g/mol. The highest BCUT2D eigenvalue weighted by Crippen LogP contribution is 2.27. The Balaban J connectivity index is 2.00. The first-order valence-corrected chi connectivity index (χ1v) is 7.68. The molecule has 1 amide bonds. The van der Waals surface area contributed by atoms with E-state index >= 15 is 0 Å². The molecule has 0 fully saturated rings. The van der Waals surface area contributed by atoms with E-state index in [4.69, 9.17) is 16.3 Å². The smallest absolute Gasteiger partial charge is 0.315 e. The zero-order chi connectivity index (χ0) is 16.8. The predicted octanol–water partition coefficient (Wildman–Crippen LogP) is 4.08. The van der Waals surface area contributed by atoms with E-state index in [1.165, 1.54) is 6.07 Å². The van der Waals surface area contributed by atoms with Gasteiger partial charge >= 0.3 is 5.97 Å². The lowest BCUT2D eigenvalue weighted by Gasteiger charge is -2.11. The SMILES string of the molecule is CC(C)C(=O)Nc1ccc(OC(=O)Cc2ccccc2)cc1Cl. The van der Waals surface area contributed by atoms with Crippen LogP contribution in [0.2, 0.25) is 5.02 Å². The van der Waals surface area contributed by atoms with E-state index in [9.17, 15) is 9.59 Å². The number of carbonyl (C=O) groups excluding carboxylic acids is 2. The van der Waals surface area contributed by atoms with Crippen molar-refractivity contribution in [2.45, 2.75) is 20.3 Å². The van der Waals surface area contributed by atoms with Gasteiger partial charge in [0.15, 0.2) is 0 Å². The maximum Gasteiger partial charge on any atom is 0.315 e. The number of ether oxygens (including phenoxy) is 1. The number of carbonyl (C=O) groups is 2. The molecule has 0 unspecified atom stereocenters. The van der Waals surface area contributed by atoms with E-state index in [-0.39, 0.29) is 24.2 Å². The van der Waals surface area contributed by atoms with Gasteiger partial charge < -0.3 is 10.1 Å². The molecule has 120 valence electrons. The Morgan fingerprint density at radius 2 is 1.83 bits per heavy atom. The molecule has 1 N–H and O–H groups in total. The molecule has 0 aromatic heterocycles. The molecule has 2 aromatic carbocycles. The molecule has 0 aliphatic heterocycles. The number of hydrogen-bond donors (Lipinski definition) is 1. The third-order valence-electron chi connectivity index (χ3n) is 3.15. The Morgan fingerprint density at radius 3 is 2.43 bits per heavy atom. The highest BCUT2D eigenvalue weighted by molar-refractivity contribution is 6.33. The second kappa shape index (κ2) is 7.79.